The number of aryl methyl sites for hydroxylation is 2. The lowest BCUT2D eigenvalue weighted by atomic mass is 9.93. The van der Waals surface area contributed by atoms with Gasteiger partial charge in [-0.15, -0.1) is 0 Å². The fraction of sp³-hybridized carbons (Fsp3) is 0.333. The summed E-state index contributed by atoms with van der Waals surface area (Å²) in [6, 6.07) is 11.2. The summed E-state index contributed by atoms with van der Waals surface area (Å²) in [5.41, 5.74) is 3.90. The Bertz CT molecular complexity index is 897. The molecule has 0 aliphatic carbocycles. The molecule has 2 aromatic rings. The molecule has 0 spiro atoms. The second kappa shape index (κ2) is 8.53. The Labute approximate surface area is 166 Å². The van der Waals surface area contributed by atoms with Crippen molar-refractivity contribution in [2.75, 3.05) is 6.61 Å². The quantitative estimate of drug-likeness (QED) is 0.478. The zero-order chi connectivity index (χ0) is 20.1. The predicted octanol–water partition coefficient (Wildman–Crippen LogP) is 4.77. The van der Waals surface area contributed by atoms with Crippen LogP contribution < -0.4 is 4.74 Å². The molecule has 0 bridgehead atoms. The highest BCUT2D eigenvalue weighted by Gasteiger charge is 2.26. The van der Waals surface area contributed by atoms with Gasteiger partial charge >= 0.3 is 0 Å². The van der Waals surface area contributed by atoms with Gasteiger partial charge in [0.2, 0.25) is 0 Å². The molecule has 3 N–H and O–H groups in total. The van der Waals surface area contributed by atoms with Gasteiger partial charge in [-0.3, -0.25) is 0 Å². The first-order chi connectivity index (χ1) is 13.4. The molecule has 4 nitrogen and oxygen atoms in total. The van der Waals surface area contributed by atoms with Gasteiger partial charge in [0.05, 0.1) is 6.61 Å². The first kappa shape index (κ1) is 20.0. The van der Waals surface area contributed by atoms with Crippen LogP contribution in [0.15, 0.2) is 54.1 Å². The van der Waals surface area contributed by atoms with Crippen molar-refractivity contribution in [3.8, 4) is 17.2 Å². The van der Waals surface area contributed by atoms with Crippen molar-refractivity contribution in [3.05, 3.63) is 70.8 Å². The van der Waals surface area contributed by atoms with E-state index in [0.717, 1.165) is 48.1 Å². The summed E-state index contributed by atoms with van der Waals surface area (Å²) in [5.74, 6) is 0.714. The van der Waals surface area contributed by atoms with Crippen LogP contribution in [0.25, 0.3) is 6.08 Å². The smallest absolute Gasteiger partial charge is 0.157 e. The molecule has 0 unspecified atom stereocenters. The summed E-state index contributed by atoms with van der Waals surface area (Å²) in [7, 11) is 0. The second-order valence-corrected chi connectivity index (χ2v) is 7.69. The Morgan fingerprint density at radius 1 is 1.04 bits per heavy atom. The molecule has 0 aromatic heterocycles. The predicted molar refractivity (Wildman–Crippen MR) is 112 cm³/mol. The third kappa shape index (κ3) is 4.96. The highest BCUT2D eigenvalue weighted by Crippen LogP contribution is 2.34. The monoisotopic (exact) mass is 380 g/mol. The van der Waals surface area contributed by atoms with E-state index < -0.39 is 0 Å². The summed E-state index contributed by atoms with van der Waals surface area (Å²) in [6.45, 7) is 4.11. The minimum Gasteiger partial charge on any atom is -0.504 e. The van der Waals surface area contributed by atoms with Gasteiger partial charge in [-0.25, -0.2) is 0 Å². The van der Waals surface area contributed by atoms with Gasteiger partial charge in [0.1, 0.15) is 11.4 Å². The highest BCUT2D eigenvalue weighted by molar-refractivity contribution is 5.62. The molecule has 1 aliphatic rings. The molecule has 3 rings (SSSR count). The molecule has 148 valence electrons. The third-order valence-electron chi connectivity index (χ3n) is 5.16. The average Bonchev–Trinajstić information content (AvgIpc) is 2.68. The van der Waals surface area contributed by atoms with Gasteiger partial charge < -0.3 is 20.1 Å². The molecular formula is C24H28O4. The molecule has 0 amide bonds. The molecule has 1 atom stereocenters. The maximum atomic E-state index is 9.62. The Morgan fingerprint density at radius 2 is 1.75 bits per heavy atom. The van der Waals surface area contributed by atoms with Crippen molar-refractivity contribution in [3.63, 3.8) is 0 Å². The number of hydrogen-bond donors (Lipinski definition) is 3. The van der Waals surface area contributed by atoms with E-state index in [2.05, 4.69) is 37.3 Å². The van der Waals surface area contributed by atoms with Crippen molar-refractivity contribution in [2.45, 2.75) is 45.1 Å². The van der Waals surface area contributed by atoms with E-state index in [-0.39, 0.29) is 23.7 Å². The number of hydrogen-bond acceptors (Lipinski definition) is 4. The molecule has 0 saturated carbocycles. The van der Waals surface area contributed by atoms with Crippen LogP contribution in [0.3, 0.4) is 0 Å². The van der Waals surface area contributed by atoms with Gasteiger partial charge in [-0.05, 0) is 81.0 Å². The Morgan fingerprint density at radius 3 is 2.46 bits per heavy atom. The number of phenols is 2. The van der Waals surface area contributed by atoms with Gasteiger partial charge in [0, 0.05) is 5.56 Å². The zero-order valence-corrected chi connectivity index (χ0v) is 16.5. The van der Waals surface area contributed by atoms with Crippen LogP contribution in [0.5, 0.6) is 17.2 Å². The largest absolute Gasteiger partial charge is 0.504 e. The number of rotatable bonds is 7. The summed E-state index contributed by atoms with van der Waals surface area (Å²) in [4.78, 5) is 0. The minimum absolute atomic E-state index is 0.0809. The standard InChI is InChI=1S/C24H28O4/c1-17(16-25)4-3-12-24(2)13-11-20-14-18(8-10-23(20)28-24)5-6-19-7-9-21(26)22(27)15-19/h4,7-11,13-15,25-27H,3,5-6,12,16H2,1-2H3/b17-4+/t24-/m0/s1. The molecule has 2 aromatic carbocycles. The summed E-state index contributed by atoms with van der Waals surface area (Å²) >= 11 is 0. The lowest BCUT2D eigenvalue weighted by Crippen LogP contribution is -2.31. The normalized spacial score (nSPS) is 18.6. The SMILES string of the molecule is C/C(=C\CC[C@@]1(C)C=Cc2cc(CCc3ccc(O)c(O)c3)ccc2O1)CO. The van der Waals surface area contributed by atoms with Crippen molar-refractivity contribution in [1.82, 2.24) is 0 Å². The van der Waals surface area contributed by atoms with Crippen LogP contribution in [-0.2, 0) is 12.8 Å². The van der Waals surface area contributed by atoms with E-state index in [0.29, 0.717) is 0 Å². The number of aliphatic hydroxyl groups is 1. The van der Waals surface area contributed by atoms with Gasteiger partial charge in [0.15, 0.2) is 11.5 Å². The van der Waals surface area contributed by atoms with E-state index in [9.17, 15) is 10.2 Å². The van der Waals surface area contributed by atoms with E-state index in [1.54, 1.807) is 6.07 Å². The molecule has 28 heavy (non-hydrogen) atoms. The zero-order valence-electron chi connectivity index (χ0n) is 16.5. The first-order valence-corrected chi connectivity index (χ1v) is 9.67. The first-order valence-electron chi connectivity index (χ1n) is 9.67. The molecule has 1 heterocycles. The van der Waals surface area contributed by atoms with Crippen LogP contribution in [0.4, 0.5) is 0 Å². The molecular weight excluding hydrogens is 352 g/mol. The molecule has 0 fully saturated rings. The molecule has 4 heteroatoms. The summed E-state index contributed by atoms with van der Waals surface area (Å²) in [5, 5.41) is 28.1. The Kier molecular flexibility index (Phi) is 6.10. The fourth-order valence-corrected chi connectivity index (χ4v) is 3.35. The van der Waals surface area contributed by atoms with E-state index in [1.807, 2.05) is 19.1 Å². The van der Waals surface area contributed by atoms with Crippen molar-refractivity contribution in [2.24, 2.45) is 0 Å². The van der Waals surface area contributed by atoms with Crippen LogP contribution in [-0.4, -0.2) is 27.5 Å². The van der Waals surface area contributed by atoms with Crippen LogP contribution in [0.2, 0.25) is 0 Å². The van der Waals surface area contributed by atoms with E-state index in [1.165, 1.54) is 11.6 Å². The maximum Gasteiger partial charge on any atom is 0.157 e. The number of phenolic OH excluding ortho intramolecular Hbond substituents is 2. The van der Waals surface area contributed by atoms with Crippen LogP contribution in [0, 0.1) is 0 Å². The minimum atomic E-state index is -0.343. The van der Waals surface area contributed by atoms with Gasteiger partial charge in [-0.1, -0.05) is 29.9 Å². The van der Waals surface area contributed by atoms with Crippen LogP contribution >= 0.6 is 0 Å². The topological polar surface area (TPSA) is 69.9 Å². The number of ether oxygens (including phenoxy) is 1. The summed E-state index contributed by atoms with van der Waals surface area (Å²) in [6.07, 6.45) is 9.63. The average molecular weight is 380 g/mol. The second-order valence-electron chi connectivity index (χ2n) is 7.69. The Hall–Kier alpha value is -2.72. The highest BCUT2D eigenvalue weighted by atomic mass is 16.5. The van der Waals surface area contributed by atoms with Crippen LogP contribution in [0.1, 0.15) is 43.4 Å². The lowest BCUT2D eigenvalue weighted by molar-refractivity contribution is 0.128. The van der Waals surface area contributed by atoms with Crippen molar-refractivity contribution >= 4 is 6.08 Å². The number of aliphatic hydroxyl groups excluding tert-OH is 1. The third-order valence-corrected chi connectivity index (χ3v) is 5.16. The van der Waals surface area contributed by atoms with E-state index >= 15 is 0 Å². The number of aromatic hydroxyl groups is 2. The van der Waals surface area contributed by atoms with Gasteiger partial charge in [0.25, 0.3) is 0 Å². The molecule has 0 radical (unpaired) electrons. The van der Waals surface area contributed by atoms with Crippen molar-refractivity contribution < 1.29 is 20.1 Å². The summed E-state index contributed by atoms with van der Waals surface area (Å²) < 4.78 is 6.24. The van der Waals surface area contributed by atoms with Gasteiger partial charge in [-0.2, -0.15) is 0 Å². The molecule has 1 aliphatic heterocycles. The Balaban J connectivity index is 1.63. The van der Waals surface area contributed by atoms with E-state index in [4.69, 9.17) is 9.84 Å². The lowest BCUT2D eigenvalue weighted by Gasteiger charge is -2.31. The number of allylic oxidation sites excluding steroid dienone is 1. The number of benzene rings is 2. The molecule has 0 saturated heterocycles. The maximum absolute atomic E-state index is 9.62. The fourth-order valence-electron chi connectivity index (χ4n) is 3.35. The number of fused-ring (bicyclic) bond motifs is 1. The van der Waals surface area contributed by atoms with Crippen molar-refractivity contribution in [1.29, 1.82) is 0 Å².